The lowest BCUT2D eigenvalue weighted by molar-refractivity contribution is 1.11. The Balaban J connectivity index is 2.89. The molecule has 2 heterocycles. The summed E-state index contributed by atoms with van der Waals surface area (Å²) in [5, 5.41) is 0. The Morgan fingerprint density at radius 3 is 2.83 bits per heavy atom. The van der Waals surface area contributed by atoms with Gasteiger partial charge in [0.2, 0.25) is 0 Å². The summed E-state index contributed by atoms with van der Waals surface area (Å²) < 4.78 is 1.67. The second-order valence-electron chi connectivity index (χ2n) is 2.15. The summed E-state index contributed by atoms with van der Waals surface area (Å²) in [4.78, 5) is 12.6. The molecule has 2 aromatic rings. The second-order valence-corrected chi connectivity index (χ2v) is 4.14. The standard InChI is InChI=1S/C7H3I2N3/c8-6-5-4(2-1-3-10-5)11-7(9)12-6/h1-3H. The third-order valence-electron chi connectivity index (χ3n) is 1.38. The molecule has 0 bridgehead atoms. The lowest BCUT2D eigenvalue weighted by Crippen LogP contribution is -1.93. The lowest BCUT2D eigenvalue weighted by Gasteiger charge is -1.97. The molecule has 0 saturated carbocycles. The molecule has 3 nitrogen and oxygen atoms in total. The summed E-state index contributed by atoms with van der Waals surface area (Å²) in [6.45, 7) is 0. The van der Waals surface area contributed by atoms with E-state index in [0.29, 0.717) is 0 Å². The van der Waals surface area contributed by atoms with Gasteiger partial charge in [-0.25, -0.2) is 9.97 Å². The van der Waals surface area contributed by atoms with Crippen molar-refractivity contribution in [3.8, 4) is 0 Å². The van der Waals surface area contributed by atoms with E-state index >= 15 is 0 Å². The summed E-state index contributed by atoms with van der Waals surface area (Å²) in [6.07, 6.45) is 1.75. The fraction of sp³-hybridized carbons (Fsp3) is 0. The van der Waals surface area contributed by atoms with Crippen LogP contribution in [0.25, 0.3) is 11.0 Å². The van der Waals surface area contributed by atoms with Gasteiger partial charge in [-0.2, -0.15) is 0 Å². The van der Waals surface area contributed by atoms with Crippen LogP contribution in [0.3, 0.4) is 0 Å². The Hall–Kier alpha value is -0.0500. The molecule has 5 heteroatoms. The number of hydrogen-bond donors (Lipinski definition) is 0. The highest BCUT2D eigenvalue weighted by molar-refractivity contribution is 14.1. The number of nitrogens with zero attached hydrogens (tertiary/aromatic N) is 3. The quantitative estimate of drug-likeness (QED) is 0.398. The van der Waals surface area contributed by atoms with E-state index in [-0.39, 0.29) is 0 Å². The zero-order valence-electron chi connectivity index (χ0n) is 5.83. The molecular formula is C7H3I2N3. The van der Waals surface area contributed by atoms with Crippen molar-refractivity contribution in [2.75, 3.05) is 0 Å². The number of aromatic nitrogens is 3. The smallest absolute Gasteiger partial charge is 0.192 e. The molecule has 2 aromatic heterocycles. The first-order valence-electron chi connectivity index (χ1n) is 3.21. The van der Waals surface area contributed by atoms with Crippen LogP contribution in [-0.2, 0) is 0 Å². The van der Waals surface area contributed by atoms with Crippen LogP contribution in [-0.4, -0.2) is 15.0 Å². The van der Waals surface area contributed by atoms with Crippen molar-refractivity contribution < 1.29 is 0 Å². The Kier molecular flexibility index (Phi) is 2.40. The highest BCUT2D eigenvalue weighted by Gasteiger charge is 2.02. The normalized spacial score (nSPS) is 10.5. The Morgan fingerprint density at radius 1 is 1.17 bits per heavy atom. The van der Waals surface area contributed by atoms with E-state index in [1.165, 1.54) is 0 Å². The minimum absolute atomic E-state index is 0.762. The SMILES string of the molecule is Ic1nc(I)c2ncccc2n1. The summed E-state index contributed by atoms with van der Waals surface area (Å²) in [6, 6.07) is 3.82. The maximum Gasteiger partial charge on any atom is 0.192 e. The van der Waals surface area contributed by atoms with Gasteiger partial charge < -0.3 is 0 Å². The largest absolute Gasteiger partial charge is 0.252 e. The highest BCUT2D eigenvalue weighted by atomic mass is 127. The first-order valence-corrected chi connectivity index (χ1v) is 5.37. The highest BCUT2D eigenvalue weighted by Crippen LogP contribution is 2.14. The predicted octanol–water partition coefficient (Wildman–Crippen LogP) is 2.23. The van der Waals surface area contributed by atoms with E-state index in [9.17, 15) is 0 Å². The molecule has 0 N–H and O–H groups in total. The van der Waals surface area contributed by atoms with Gasteiger partial charge >= 0.3 is 0 Å². The van der Waals surface area contributed by atoms with E-state index in [4.69, 9.17) is 0 Å². The molecule has 0 aliphatic heterocycles. The monoisotopic (exact) mass is 383 g/mol. The van der Waals surface area contributed by atoms with Crippen molar-refractivity contribution in [1.82, 2.24) is 15.0 Å². The summed E-state index contributed by atoms with van der Waals surface area (Å²) >= 11 is 4.26. The van der Waals surface area contributed by atoms with Crippen LogP contribution in [0.15, 0.2) is 18.3 Å². The van der Waals surface area contributed by atoms with E-state index in [0.717, 1.165) is 18.6 Å². The Morgan fingerprint density at radius 2 is 2.00 bits per heavy atom. The van der Waals surface area contributed by atoms with Crippen LogP contribution in [0.4, 0.5) is 0 Å². The van der Waals surface area contributed by atoms with Crippen molar-refractivity contribution >= 4 is 56.2 Å². The Bertz CT molecular complexity index is 430. The fourth-order valence-corrected chi connectivity index (χ4v) is 2.51. The van der Waals surface area contributed by atoms with E-state index in [1.54, 1.807) is 6.20 Å². The molecular weight excluding hydrogens is 380 g/mol. The molecule has 0 aromatic carbocycles. The molecule has 0 fully saturated rings. The molecule has 60 valence electrons. The van der Waals surface area contributed by atoms with Gasteiger partial charge in [0, 0.05) is 28.8 Å². The summed E-state index contributed by atoms with van der Waals surface area (Å²) in [5.74, 6) is 0. The molecule has 0 radical (unpaired) electrons. The van der Waals surface area contributed by atoms with E-state index in [1.807, 2.05) is 12.1 Å². The molecule has 0 aliphatic carbocycles. The first-order chi connectivity index (χ1) is 5.77. The molecule has 0 saturated heterocycles. The van der Waals surface area contributed by atoms with Gasteiger partial charge in [0.1, 0.15) is 9.22 Å². The van der Waals surface area contributed by atoms with Crippen LogP contribution < -0.4 is 0 Å². The zero-order chi connectivity index (χ0) is 8.55. The van der Waals surface area contributed by atoms with Gasteiger partial charge in [0.05, 0.1) is 5.52 Å². The first kappa shape index (κ1) is 8.54. The van der Waals surface area contributed by atoms with Crippen LogP contribution in [0.5, 0.6) is 0 Å². The number of fused-ring (bicyclic) bond motifs is 1. The molecule has 12 heavy (non-hydrogen) atoms. The van der Waals surface area contributed by atoms with Crippen molar-refractivity contribution in [3.63, 3.8) is 0 Å². The molecule has 0 atom stereocenters. The number of pyridine rings is 1. The zero-order valence-corrected chi connectivity index (χ0v) is 10.1. The van der Waals surface area contributed by atoms with Crippen molar-refractivity contribution in [1.29, 1.82) is 0 Å². The minimum Gasteiger partial charge on any atom is -0.252 e. The fourth-order valence-electron chi connectivity index (χ4n) is 0.904. The van der Waals surface area contributed by atoms with Gasteiger partial charge in [-0.3, -0.25) is 4.98 Å². The van der Waals surface area contributed by atoms with Gasteiger partial charge in [-0.1, -0.05) is 0 Å². The third kappa shape index (κ3) is 1.51. The molecule has 0 aliphatic rings. The van der Waals surface area contributed by atoms with Crippen molar-refractivity contribution in [2.45, 2.75) is 0 Å². The molecule has 0 amide bonds. The predicted molar refractivity (Wildman–Crippen MR) is 62.8 cm³/mol. The molecule has 2 rings (SSSR count). The summed E-state index contributed by atoms with van der Waals surface area (Å²) in [5.41, 5.74) is 1.78. The van der Waals surface area contributed by atoms with Gasteiger partial charge in [0.15, 0.2) is 3.83 Å². The van der Waals surface area contributed by atoms with Crippen LogP contribution in [0, 0.1) is 7.53 Å². The van der Waals surface area contributed by atoms with Gasteiger partial charge in [-0.05, 0) is 34.7 Å². The van der Waals surface area contributed by atoms with Gasteiger partial charge in [-0.15, -0.1) is 0 Å². The van der Waals surface area contributed by atoms with Crippen LogP contribution >= 0.6 is 45.2 Å². The maximum absolute atomic E-state index is 4.24. The van der Waals surface area contributed by atoms with E-state index in [2.05, 4.69) is 60.1 Å². The molecule has 0 unspecified atom stereocenters. The number of halogens is 2. The maximum atomic E-state index is 4.24. The number of rotatable bonds is 0. The van der Waals surface area contributed by atoms with Crippen molar-refractivity contribution in [3.05, 3.63) is 25.9 Å². The molecule has 0 spiro atoms. The van der Waals surface area contributed by atoms with Crippen molar-refractivity contribution in [2.24, 2.45) is 0 Å². The Labute approximate surface area is 96.3 Å². The second kappa shape index (κ2) is 3.36. The third-order valence-corrected chi connectivity index (χ3v) is 2.62. The topological polar surface area (TPSA) is 38.7 Å². The van der Waals surface area contributed by atoms with Gasteiger partial charge in [0.25, 0.3) is 0 Å². The number of hydrogen-bond acceptors (Lipinski definition) is 3. The lowest BCUT2D eigenvalue weighted by atomic mass is 10.4. The summed E-state index contributed by atoms with van der Waals surface area (Å²) in [7, 11) is 0. The van der Waals surface area contributed by atoms with Crippen LogP contribution in [0.2, 0.25) is 0 Å². The average Bonchev–Trinajstić information content (AvgIpc) is 2.04. The van der Waals surface area contributed by atoms with Crippen LogP contribution in [0.1, 0.15) is 0 Å². The van der Waals surface area contributed by atoms with E-state index < -0.39 is 0 Å². The average molecular weight is 383 g/mol. The minimum atomic E-state index is 0.762.